The fraction of sp³-hybridized carbons (Fsp3) is 0.692. The Bertz CT molecular complexity index is 446. The molecule has 17 heavy (non-hydrogen) atoms. The van der Waals surface area contributed by atoms with E-state index in [1.807, 2.05) is 13.8 Å². The smallest absolute Gasteiger partial charge is 0.188 e. The number of rotatable bonds is 4. The molecule has 1 aromatic rings. The topological polar surface area (TPSA) is 44.1 Å². The summed E-state index contributed by atoms with van der Waals surface area (Å²) in [5.74, 6) is 0.870. The zero-order valence-corrected chi connectivity index (χ0v) is 11.2. The third-order valence-corrected chi connectivity index (χ3v) is 3.53. The van der Waals surface area contributed by atoms with Gasteiger partial charge in [0.15, 0.2) is 11.5 Å². The van der Waals surface area contributed by atoms with Crippen LogP contribution >= 0.6 is 0 Å². The standard InChI is InChI=1S/C13H20N2O2/c1-8(2)15-11(10(17-5)7-14-15)12(16)9-6-13(9,3)4/h7-9H,6H2,1-5H3. The van der Waals surface area contributed by atoms with Gasteiger partial charge in [0.25, 0.3) is 0 Å². The first-order valence-electron chi connectivity index (χ1n) is 6.04. The van der Waals surface area contributed by atoms with Crippen LogP contribution in [0, 0.1) is 11.3 Å². The van der Waals surface area contributed by atoms with Crippen LogP contribution in [0.15, 0.2) is 6.20 Å². The minimum atomic E-state index is 0.116. The van der Waals surface area contributed by atoms with E-state index in [0.29, 0.717) is 11.4 Å². The van der Waals surface area contributed by atoms with E-state index in [4.69, 9.17) is 4.74 Å². The van der Waals surface area contributed by atoms with E-state index in [1.54, 1.807) is 18.0 Å². The van der Waals surface area contributed by atoms with Crippen molar-refractivity contribution >= 4 is 5.78 Å². The van der Waals surface area contributed by atoms with Crippen LogP contribution in [0.4, 0.5) is 0 Å². The van der Waals surface area contributed by atoms with Gasteiger partial charge in [-0.1, -0.05) is 13.8 Å². The molecule has 0 aromatic carbocycles. The molecule has 0 N–H and O–H groups in total. The van der Waals surface area contributed by atoms with Crippen LogP contribution in [-0.4, -0.2) is 22.7 Å². The average Bonchev–Trinajstić information content (AvgIpc) is 2.74. The predicted molar refractivity (Wildman–Crippen MR) is 65.4 cm³/mol. The van der Waals surface area contributed by atoms with Crippen molar-refractivity contribution in [3.05, 3.63) is 11.9 Å². The summed E-state index contributed by atoms with van der Waals surface area (Å²) in [5.41, 5.74) is 0.756. The summed E-state index contributed by atoms with van der Waals surface area (Å²) >= 11 is 0. The molecule has 1 atom stereocenters. The molecule has 0 spiro atoms. The SMILES string of the molecule is COc1cnn(C(C)C)c1C(=O)C1CC1(C)C. The number of methoxy groups -OCH3 is 1. The van der Waals surface area contributed by atoms with Crippen LogP contribution in [0.2, 0.25) is 0 Å². The van der Waals surface area contributed by atoms with E-state index in [9.17, 15) is 4.79 Å². The van der Waals surface area contributed by atoms with E-state index < -0.39 is 0 Å². The number of carbonyl (C=O) groups is 1. The number of carbonyl (C=O) groups excluding carboxylic acids is 1. The van der Waals surface area contributed by atoms with Gasteiger partial charge in [-0.15, -0.1) is 0 Å². The fourth-order valence-electron chi connectivity index (χ4n) is 2.20. The second-order valence-electron chi connectivity index (χ2n) is 5.71. The van der Waals surface area contributed by atoms with Gasteiger partial charge in [-0.05, 0) is 25.7 Å². The van der Waals surface area contributed by atoms with Crippen LogP contribution in [0.1, 0.15) is 50.6 Å². The van der Waals surface area contributed by atoms with Crippen molar-refractivity contribution < 1.29 is 9.53 Å². The Kier molecular flexibility index (Phi) is 2.76. The Morgan fingerprint density at radius 3 is 2.59 bits per heavy atom. The maximum absolute atomic E-state index is 12.4. The maximum Gasteiger partial charge on any atom is 0.188 e. The second kappa shape index (κ2) is 3.86. The molecule has 2 rings (SSSR count). The lowest BCUT2D eigenvalue weighted by molar-refractivity contribution is 0.0937. The lowest BCUT2D eigenvalue weighted by Gasteiger charge is -2.11. The van der Waals surface area contributed by atoms with Gasteiger partial charge in [-0.2, -0.15) is 5.10 Å². The van der Waals surface area contributed by atoms with Crippen LogP contribution < -0.4 is 4.74 Å². The van der Waals surface area contributed by atoms with Crippen LogP contribution in [0.25, 0.3) is 0 Å². The first-order chi connectivity index (χ1) is 7.88. The molecule has 4 nitrogen and oxygen atoms in total. The summed E-state index contributed by atoms with van der Waals surface area (Å²) in [4.78, 5) is 12.4. The summed E-state index contributed by atoms with van der Waals surface area (Å²) in [5, 5.41) is 4.24. The minimum absolute atomic E-state index is 0.116. The molecule has 0 amide bonds. The highest BCUT2D eigenvalue weighted by atomic mass is 16.5. The molecule has 1 heterocycles. The molecule has 94 valence electrons. The highest BCUT2D eigenvalue weighted by Crippen LogP contribution is 2.53. The van der Waals surface area contributed by atoms with Crippen molar-refractivity contribution in [2.75, 3.05) is 7.11 Å². The molecule has 1 saturated carbocycles. The third-order valence-electron chi connectivity index (χ3n) is 3.53. The van der Waals surface area contributed by atoms with E-state index in [1.165, 1.54) is 0 Å². The highest BCUT2D eigenvalue weighted by Gasteiger charge is 2.52. The second-order valence-corrected chi connectivity index (χ2v) is 5.71. The molecular weight excluding hydrogens is 216 g/mol. The Labute approximate surface area is 102 Å². The molecule has 1 aliphatic rings. The lowest BCUT2D eigenvalue weighted by Crippen LogP contribution is -2.16. The number of hydrogen-bond acceptors (Lipinski definition) is 3. The zero-order chi connectivity index (χ0) is 12.8. The molecule has 1 unspecified atom stereocenters. The number of aromatic nitrogens is 2. The molecule has 0 aliphatic heterocycles. The van der Waals surface area contributed by atoms with E-state index in [-0.39, 0.29) is 23.2 Å². The molecular formula is C13H20N2O2. The first-order valence-corrected chi connectivity index (χ1v) is 6.04. The van der Waals surface area contributed by atoms with E-state index in [2.05, 4.69) is 18.9 Å². The Hall–Kier alpha value is -1.32. The Morgan fingerprint density at radius 2 is 2.18 bits per heavy atom. The van der Waals surface area contributed by atoms with E-state index in [0.717, 1.165) is 6.42 Å². The van der Waals surface area contributed by atoms with Gasteiger partial charge in [-0.25, -0.2) is 0 Å². The van der Waals surface area contributed by atoms with Gasteiger partial charge in [-0.3, -0.25) is 9.48 Å². The number of ether oxygens (including phenoxy) is 1. The first kappa shape index (κ1) is 12.1. The Morgan fingerprint density at radius 1 is 1.59 bits per heavy atom. The quantitative estimate of drug-likeness (QED) is 0.755. The normalized spacial score (nSPS) is 21.6. The summed E-state index contributed by atoms with van der Waals surface area (Å²) < 4.78 is 7.00. The van der Waals surface area contributed by atoms with Gasteiger partial charge in [0, 0.05) is 12.0 Å². The predicted octanol–water partition coefficient (Wildman–Crippen LogP) is 2.70. The molecule has 1 fully saturated rings. The van der Waals surface area contributed by atoms with Gasteiger partial charge in [0.05, 0.1) is 13.3 Å². The lowest BCUT2D eigenvalue weighted by atomic mass is 10.0. The molecule has 1 aliphatic carbocycles. The highest BCUT2D eigenvalue weighted by molar-refractivity contribution is 6.01. The maximum atomic E-state index is 12.4. The van der Waals surface area contributed by atoms with Gasteiger partial charge < -0.3 is 4.74 Å². The van der Waals surface area contributed by atoms with Gasteiger partial charge in [0.2, 0.25) is 0 Å². The van der Waals surface area contributed by atoms with Crippen molar-refractivity contribution in [3.63, 3.8) is 0 Å². The number of hydrogen-bond donors (Lipinski definition) is 0. The van der Waals surface area contributed by atoms with Crippen LogP contribution in [-0.2, 0) is 0 Å². The van der Waals surface area contributed by atoms with E-state index >= 15 is 0 Å². The van der Waals surface area contributed by atoms with Crippen molar-refractivity contribution in [2.24, 2.45) is 11.3 Å². The van der Waals surface area contributed by atoms with Crippen molar-refractivity contribution in [3.8, 4) is 5.75 Å². The van der Waals surface area contributed by atoms with Crippen molar-refractivity contribution in [1.82, 2.24) is 9.78 Å². The monoisotopic (exact) mass is 236 g/mol. The van der Waals surface area contributed by atoms with Crippen LogP contribution in [0.3, 0.4) is 0 Å². The molecule has 1 aromatic heterocycles. The summed E-state index contributed by atoms with van der Waals surface area (Å²) in [7, 11) is 1.58. The van der Waals surface area contributed by atoms with Crippen molar-refractivity contribution in [1.29, 1.82) is 0 Å². The van der Waals surface area contributed by atoms with Crippen molar-refractivity contribution in [2.45, 2.75) is 40.2 Å². The van der Waals surface area contributed by atoms with Gasteiger partial charge >= 0.3 is 0 Å². The Balaban J connectivity index is 2.36. The molecule has 0 radical (unpaired) electrons. The third kappa shape index (κ3) is 1.96. The summed E-state index contributed by atoms with van der Waals surface area (Å²) in [6.07, 6.45) is 2.58. The largest absolute Gasteiger partial charge is 0.493 e. The molecule has 0 saturated heterocycles. The summed E-state index contributed by atoms with van der Waals surface area (Å²) in [6, 6.07) is 0.166. The number of nitrogens with zero attached hydrogens (tertiary/aromatic N) is 2. The van der Waals surface area contributed by atoms with Gasteiger partial charge in [0.1, 0.15) is 5.69 Å². The van der Waals surface area contributed by atoms with Crippen LogP contribution in [0.5, 0.6) is 5.75 Å². The number of Topliss-reactive ketones (excluding diaryl/α,β-unsaturated/α-hetero) is 1. The zero-order valence-electron chi connectivity index (χ0n) is 11.2. The average molecular weight is 236 g/mol. The number of ketones is 1. The molecule has 4 heteroatoms. The fourth-order valence-corrected chi connectivity index (χ4v) is 2.20. The summed E-state index contributed by atoms with van der Waals surface area (Å²) in [6.45, 7) is 8.28. The minimum Gasteiger partial charge on any atom is -0.493 e. The molecule has 0 bridgehead atoms.